The fourth-order valence-corrected chi connectivity index (χ4v) is 1.79. The predicted octanol–water partition coefficient (Wildman–Crippen LogP) is 3.24. The first-order valence-electron chi connectivity index (χ1n) is 5.80. The van der Waals surface area contributed by atoms with Crippen LogP contribution in [0.4, 0.5) is 0 Å². The van der Waals surface area contributed by atoms with Crippen LogP contribution in [-0.4, -0.2) is 4.98 Å². The van der Waals surface area contributed by atoms with Gasteiger partial charge in [-0.3, -0.25) is 4.98 Å². The predicted molar refractivity (Wildman–Crippen MR) is 70.6 cm³/mol. The lowest BCUT2D eigenvalue weighted by molar-refractivity contribution is 0.909. The summed E-state index contributed by atoms with van der Waals surface area (Å²) >= 11 is 0. The Kier molecular flexibility index (Phi) is 3.94. The SMILES string of the molecule is CC#Cc1cccnc1CCc1ccccc1. The maximum atomic E-state index is 4.41. The monoisotopic (exact) mass is 221 g/mol. The van der Waals surface area contributed by atoms with Gasteiger partial charge in [0.1, 0.15) is 0 Å². The van der Waals surface area contributed by atoms with Gasteiger partial charge in [0, 0.05) is 11.8 Å². The third-order valence-electron chi connectivity index (χ3n) is 2.64. The summed E-state index contributed by atoms with van der Waals surface area (Å²) in [5.41, 5.74) is 3.48. The maximum Gasteiger partial charge on any atom is 0.0563 e. The fraction of sp³-hybridized carbons (Fsp3) is 0.188. The number of rotatable bonds is 3. The van der Waals surface area contributed by atoms with Crippen molar-refractivity contribution in [3.8, 4) is 11.8 Å². The van der Waals surface area contributed by atoms with Crippen molar-refractivity contribution in [1.29, 1.82) is 0 Å². The lowest BCUT2D eigenvalue weighted by Crippen LogP contribution is -1.97. The summed E-state index contributed by atoms with van der Waals surface area (Å²) in [6, 6.07) is 14.4. The second kappa shape index (κ2) is 5.86. The Morgan fingerprint density at radius 1 is 1.00 bits per heavy atom. The quantitative estimate of drug-likeness (QED) is 0.725. The maximum absolute atomic E-state index is 4.41. The molecule has 17 heavy (non-hydrogen) atoms. The van der Waals surface area contributed by atoms with Gasteiger partial charge in [0.05, 0.1) is 5.69 Å². The van der Waals surface area contributed by atoms with E-state index in [4.69, 9.17) is 0 Å². The largest absolute Gasteiger partial charge is 0.260 e. The first kappa shape index (κ1) is 11.4. The van der Waals surface area contributed by atoms with Gasteiger partial charge in [-0.15, -0.1) is 5.92 Å². The van der Waals surface area contributed by atoms with Crippen molar-refractivity contribution in [2.24, 2.45) is 0 Å². The lowest BCUT2D eigenvalue weighted by Gasteiger charge is -2.03. The van der Waals surface area contributed by atoms with Gasteiger partial charge in [-0.25, -0.2) is 0 Å². The summed E-state index contributed by atoms with van der Waals surface area (Å²) in [6.45, 7) is 1.86. The Morgan fingerprint density at radius 3 is 2.59 bits per heavy atom. The second-order valence-electron chi connectivity index (χ2n) is 3.86. The number of hydrogen-bond donors (Lipinski definition) is 0. The molecule has 1 heteroatoms. The molecule has 1 nitrogen and oxygen atoms in total. The summed E-state index contributed by atoms with van der Waals surface area (Å²) in [5.74, 6) is 6.03. The molecule has 1 aromatic heterocycles. The third-order valence-corrected chi connectivity index (χ3v) is 2.64. The molecule has 0 amide bonds. The van der Waals surface area contributed by atoms with Crippen molar-refractivity contribution in [3.63, 3.8) is 0 Å². The van der Waals surface area contributed by atoms with Crippen molar-refractivity contribution in [2.75, 3.05) is 0 Å². The normalized spacial score (nSPS) is 9.47. The summed E-state index contributed by atoms with van der Waals surface area (Å²) in [5, 5.41) is 0. The zero-order valence-electron chi connectivity index (χ0n) is 9.98. The Bertz CT molecular complexity index is 532. The van der Waals surface area contributed by atoms with Crippen molar-refractivity contribution in [1.82, 2.24) is 4.98 Å². The molecule has 0 aliphatic rings. The van der Waals surface area contributed by atoms with Crippen molar-refractivity contribution < 1.29 is 0 Å². The topological polar surface area (TPSA) is 12.9 Å². The molecule has 0 atom stereocenters. The van der Waals surface area contributed by atoms with Crippen LogP contribution in [0.1, 0.15) is 23.7 Å². The fourth-order valence-electron chi connectivity index (χ4n) is 1.79. The van der Waals surface area contributed by atoms with Crippen LogP contribution in [0, 0.1) is 11.8 Å². The van der Waals surface area contributed by atoms with Gasteiger partial charge in [0.15, 0.2) is 0 Å². The van der Waals surface area contributed by atoms with Crippen LogP contribution in [0.25, 0.3) is 0 Å². The molecule has 0 fully saturated rings. The Hall–Kier alpha value is -2.07. The Morgan fingerprint density at radius 2 is 1.82 bits per heavy atom. The molecule has 0 unspecified atom stereocenters. The van der Waals surface area contributed by atoms with Gasteiger partial charge in [0.2, 0.25) is 0 Å². The summed E-state index contributed by atoms with van der Waals surface area (Å²) < 4.78 is 0. The molecule has 1 aromatic carbocycles. The molecule has 2 rings (SSSR count). The van der Waals surface area contributed by atoms with Gasteiger partial charge in [0.25, 0.3) is 0 Å². The van der Waals surface area contributed by atoms with Gasteiger partial charge in [-0.05, 0) is 37.5 Å². The van der Waals surface area contributed by atoms with E-state index in [2.05, 4.69) is 41.1 Å². The second-order valence-corrected chi connectivity index (χ2v) is 3.86. The van der Waals surface area contributed by atoms with E-state index in [1.165, 1.54) is 5.56 Å². The number of aromatic nitrogens is 1. The van der Waals surface area contributed by atoms with Gasteiger partial charge >= 0.3 is 0 Å². The van der Waals surface area contributed by atoms with E-state index in [0.29, 0.717) is 0 Å². The highest BCUT2D eigenvalue weighted by atomic mass is 14.7. The van der Waals surface area contributed by atoms with E-state index < -0.39 is 0 Å². The van der Waals surface area contributed by atoms with E-state index >= 15 is 0 Å². The highest BCUT2D eigenvalue weighted by Crippen LogP contribution is 2.09. The lowest BCUT2D eigenvalue weighted by atomic mass is 10.0. The minimum absolute atomic E-state index is 0.939. The van der Waals surface area contributed by atoms with Crippen LogP contribution in [-0.2, 0) is 12.8 Å². The first-order valence-corrected chi connectivity index (χ1v) is 5.80. The van der Waals surface area contributed by atoms with Crippen molar-refractivity contribution in [2.45, 2.75) is 19.8 Å². The number of hydrogen-bond acceptors (Lipinski definition) is 1. The van der Waals surface area contributed by atoms with Crippen LogP contribution in [0.2, 0.25) is 0 Å². The van der Waals surface area contributed by atoms with E-state index in [1.54, 1.807) is 0 Å². The molecule has 0 saturated heterocycles. The molecule has 0 radical (unpaired) electrons. The Balaban J connectivity index is 2.11. The van der Waals surface area contributed by atoms with E-state index in [0.717, 1.165) is 24.1 Å². The molecule has 0 aliphatic carbocycles. The van der Waals surface area contributed by atoms with Crippen LogP contribution in [0.15, 0.2) is 48.7 Å². The zero-order chi connectivity index (χ0) is 11.9. The standard InChI is InChI=1S/C16H15N/c1-2-7-15-10-6-13-17-16(15)12-11-14-8-4-3-5-9-14/h3-6,8-10,13H,11-12H2,1H3. The average molecular weight is 221 g/mol. The summed E-state index contributed by atoms with van der Waals surface area (Å²) in [6.07, 6.45) is 3.78. The molecular formula is C16H15N. The molecule has 1 heterocycles. The Labute approximate surface area is 103 Å². The van der Waals surface area contributed by atoms with E-state index in [9.17, 15) is 0 Å². The highest BCUT2D eigenvalue weighted by Gasteiger charge is 2.01. The average Bonchev–Trinajstić information content (AvgIpc) is 2.39. The summed E-state index contributed by atoms with van der Waals surface area (Å²) in [4.78, 5) is 4.41. The molecular weight excluding hydrogens is 206 g/mol. The van der Waals surface area contributed by atoms with Crippen LogP contribution in [0.3, 0.4) is 0 Å². The van der Waals surface area contributed by atoms with Gasteiger partial charge in [-0.2, -0.15) is 0 Å². The van der Waals surface area contributed by atoms with E-state index in [1.807, 2.05) is 31.3 Å². The van der Waals surface area contributed by atoms with Crippen LogP contribution in [0.5, 0.6) is 0 Å². The van der Waals surface area contributed by atoms with Gasteiger partial charge in [-0.1, -0.05) is 36.3 Å². The molecule has 0 spiro atoms. The number of aryl methyl sites for hydroxylation is 2. The van der Waals surface area contributed by atoms with Crippen molar-refractivity contribution >= 4 is 0 Å². The molecule has 2 aromatic rings. The molecule has 0 aliphatic heterocycles. The van der Waals surface area contributed by atoms with Gasteiger partial charge < -0.3 is 0 Å². The zero-order valence-corrected chi connectivity index (χ0v) is 9.98. The molecule has 0 bridgehead atoms. The third kappa shape index (κ3) is 3.19. The highest BCUT2D eigenvalue weighted by molar-refractivity contribution is 5.37. The molecule has 0 saturated carbocycles. The molecule has 84 valence electrons. The van der Waals surface area contributed by atoms with Crippen LogP contribution < -0.4 is 0 Å². The van der Waals surface area contributed by atoms with Crippen molar-refractivity contribution in [3.05, 3.63) is 65.5 Å². The summed E-state index contributed by atoms with van der Waals surface area (Å²) in [7, 11) is 0. The number of nitrogens with zero attached hydrogens (tertiary/aromatic N) is 1. The minimum atomic E-state index is 0.939. The minimum Gasteiger partial charge on any atom is -0.260 e. The number of pyridine rings is 1. The first-order chi connectivity index (χ1) is 8.40. The molecule has 0 N–H and O–H groups in total. The van der Waals surface area contributed by atoms with Crippen LogP contribution >= 0.6 is 0 Å². The number of benzene rings is 1. The van der Waals surface area contributed by atoms with E-state index in [-0.39, 0.29) is 0 Å². The smallest absolute Gasteiger partial charge is 0.0563 e.